The highest BCUT2D eigenvalue weighted by Crippen LogP contribution is 2.11. The van der Waals surface area contributed by atoms with Gasteiger partial charge in [-0.2, -0.15) is 0 Å². The van der Waals surface area contributed by atoms with E-state index in [1.807, 2.05) is 0 Å². The third-order valence-electron chi connectivity index (χ3n) is 2.42. The summed E-state index contributed by atoms with van der Waals surface area (Å²) in [5, 5.41) is 5.41. The molecule has 1 atom stereocenters. The predicted octanol–water partition coefficient (Wildman–Crippen LogP) is 0.649. The molecular formula is C10H18N2O3. The second-order valence-electron chi connectivity index (χ2n) is 3.59. The second-order valence-corrected chi connectivity index (χ2v) is 3.59. The maximum Gasteiger partial charge on any atom is 0.407 e. The molecule has 1 unspecified atom stereocenters. The first-order valence-corrected chi connectivity index (χ1v) is 5.42. The van der Waals surface area contributed by atoms with Gasteiger partial charge in [0.25, 0.3) is 0 Å². The zero-order valence-corrected chi connectivity index (χ0v) is 9.04. The number of carbonyl (C=O) groups excluding carboxylic acids is 2. The highest BCUT2D eigenvalue weighted by molar-refractivity contribution is 5.79. The summed E-state index contributed by atoms with van der Waals surface area (Å²) >= 11 is 0. The van der Waals surface area contributed by atoms with Crippen molar-refractivity contribution in [2.24, 2.45) is 5.92 Å². The van der Waals surface area contributed by atoms with Crippen LogP contribution in [0.3, 0.4) is 0 Å². The van der Waals surface area contributed by atoms with Gasteiger partial charge in [0, 0.05) is 13.1 Å². The van der Waals surface area contributed by atoms with Crippen LogP contribution in [-0.4, -0.2) is 31.7 Å². The first-order valence-electron chi connectivity index (χ1n) is 5.42. The minimum absolute atomic E-state index is 0.0318. The Morgan fingerprint density at radius 3 is 3.13 bits per heavy atom. The first-order chi connectivity index (χ1) is 7.24. The van der Waals surface area contributed by atoms with Gasteiger partial charge in [-0.25, -0.2) is 4.79 Å². The van der Waals surface area contributed by atoms with Gasteiger partial charge in [-0.3, -0.25) is 4.79 Å². The van der Waals surface area contributed by atoms with Crippen molar-refractivity contribution in [3.63, 3.8) is 0 Å². The van der Waals surface area contributed by atoms with Gasteiger partial charge in [-0.15, -0.1) is 0 Å². The van der Waals surface area contributed by atoms with Crippen LogP contribution >= 0.6 is 0 Å². The summed E-state index contributed by atoms with van der Waals surface area (Å²) in [7, 11) is 0. The van der Waals surface area contributed by atoms with Crippen molar-refractivity contribution in [2.75, 3.05) is 19.7 Å². The van der Waals surface area contributed by atoms with E-state index in [4.69, 9.17) is 4.74 Å². The van der Waals surface area contributed by atoms with E-state index < -0.39 is 6.09 Å². The highest BCUT2D eigenvalue weighted by atomic mass is 16.5. The minimum atomic E-state index is -0.449. The fraction of sp³-hybridized carbons (Fsp3) is 0.800. The predicted molar refractivity (Wildman–Crippen MR) is 55.4 cm³/mol. The summed E-state index contributed by atoms with van der Waals surface area (Å²) in [6, 6.07) is 0. The maximum absolute atomic E-state index is 11.5. The Balaban J connectivity index is 2.29. The molecule has 0 bridgehead atoms. The van der Waals surface area contributed by atoms with E-state index in [2.05, 4.69) is 10.6 Å². The summed E-state index contributed by atoms with van der Waals surface area (Å²) in [4.78, 5) is 22.5. The molecule has 0 spiro atoms. The van der Waals surface area contributed by atoms with Crippen LogP contribution in [0.5, 0.6) is 0 Å². The Labute approximate surface area is 89.6 Å². The van der Waals surface area contributed by atoms with Gasteiger partial charge in [0.15, 0.2) is 0 Å². The largest absolute Gasteiger partial charge is 0.450 e. The van der Waals surface area contributed by atoms with Crippen LogP contribution in [0, 0.1) is 5.92 Å². The number of carbonyl (C=O) groups is 2. The van der Waals surface area contributed by atoms with Crippen LogP contribution in [0.25, 0.3) is 0 Å². The summed E-state index contributed by atoms with van der Waals surface area (Å²) in [5.41, 5.74) is 0. The zero-order chi connectivity index (χ0) is 11.1. The first kappa shape index (κ1) is 11.8. The average Bonchev–Trinajstić information content (AvgIpc) is 2.41. The van der Waals surface area contributed by atoms with E-state index in [9.17, 15) is 9.59 Å². The lowest BCUT2D eigenvalue weighted by Crippen LogP contribution is -2.37. The van der Waals surface area contributed by atoms with Crippen LogP contribution in [0.4, 0.5) is 4.79 Å². The van der Waals surface area contributed by atoms with Gasteiger partial charge >= 0.3 is 6.09 Å². The molecule has 0 aliphatic carbocycles. The molecule has 1 saturated heterocycles. The zero-order valence-electron chi connectivity index (χ0n) is 9.04. The minimum Gasteiger partial charge on any atom is -0.450 e. The highest BCUT2D eigenvalue weighted by Gasteiger charge is 2.20. The molecule has 5 nitrogen and oxygen atoms in total. The van der Waals surface area contributed by atoms with Crippen molar-refractivity contribution in [3.8, 4) is 0 Å². The molecule has 1 fully saturated rings. The molecular weight excluding hydrogens is 196 g/mol. The Morgan fingerprint density at radius 2 is 2.40 bits per heavy atom. The van der Waals surface area contributed by atoms with Crippen LogP contribution in [0.15, 0.2) is 0 Å². The third-order valence-corrected chi connectivity index (χ3v) is 2.42. The average molecular weight is 214 g/mol. The number of nitrogens with one attached hydrogen (secondary N) is 2. The lowest BCUT2D eigenvalue weighted by molar-refractivity contribution is -0.124. The lowest BCUT2D eigenvalue weighted by atomic mass is 10.0. The van der Waals surface area contributed by atoms with Crippen LogP contribution in [-0.2, 0) is 9.53 Å². The number of ether oxygens (including phenoxy) is 1. The van der Waals surface area contributed by atoms with Gasteiger partial charge in [-0.1, -0.05) is 6.42 Å². The van der Waals surface area contributed by atoms with Crippen molar-refractivity contribution >= 4 is 12.0 Å². The van der Waals surface area contributed by atoms with Crippen LogP contribution in [0.2, 0.25) is 0 Å². The molecule has 1 aliphatic heterocycles. The molecule has 15 heavy (non-hydrogen) atoms. The number of rotatable bonds is 3. The Hall–Kier alpha value is -1.26. The number of hydrogen-bond donors (Lipinski definition) is 2. The molecule has 0 aromatic rings. The second kappa shape index (κ2) is 6.27. The number of amides is 2. The van der Waals surface area contributed by atoms with Crippen molar-refractivity contribution in [3.05, 3.63) is 0 Å². The molecule has 2 N–H and O–H groups in total. The van der Waals surface area contributed by atoms with E-state index in [-0.39, 0.29) is 11.8 Å². The molecule has 1 aliphatic rings. The normalized spacial score (nSPS) is 21.4. The molecule has 1 heterocycles. The van der Waals surface area contributed by atoms with Crippen molar-refractivity contribution < 1.29 is 14.3 Å². The molecule has 0 aromatic carbocycles. The summed E-state index contributed by atoms with van der Waals surface area (Å²) < 4.78 is 4.72. The van der Waals surface area contributed by atoms with Gasteiger partial charge in [-0.05, 0) is 19.8 Å². The molecule has 1 rings (SSSR count). The Kier molecular flexibility index (Phi) is 4.93. The molecule has 0 aromatic heterocycles. The fourth-order valence-electron chi connectivity index (χ4n) is 1.59. The maximum atomic E-state index is 11.5. The smallest absolute Gasteiger partial charge is 0.407 e. The van der Waals surface area contributed by atoms with E-state index in [1.54, 1.807) is 6.92 Å². The van der Waals surface area contributed by atoms with Crippen molar-refractivity contribution in [1.82, 2.24) is 10.6 Å². The summed E-state index contributed by atoms with van der Waals surface area (Å²) in [5.74, 6) is -0.0822. The molecule has 0 radical (unpaired) electrons. The Morgan fingerprint density at radius 1 is 1.60 bits per heavy atom. The summed E-state index contributed by atoms with van der Waals surface area (Å²) in [6.07, 6.45) is 2.42. The monoisotopic (exact) mass is 214 g/mol. The van der Waals surface area contributed by atoms with Gasteiger partial charge in [0.1, 0.15) is 0 Å². The van der Waals surface area contributed by atoms with E-state index in [0.717, 1.165) is 25.8 Å². The summed E-state index contributed by atoms with van der Waals surface area (Å²) in [6.45, 7) is 3.21. The molecule has 2 amide bonds. The standard InChI is InChI=1S/C10H18N2O3/c1-2-15-10(14)12-7-8-5-3-4-6-11-9(8)13/h8H,2-7H2,1H3,(H,11,13)(H,12,14). The number of hydrogen-bond acceptors (Lipinski definition) is 3. The Bertz CT molecular complexity index is 231. The van der Waals surface area contributed by atoms with E-state index >= 15 is 0 Å². The van der Waals surface area contributed by atoms with Gasteiger partial charge in [0.2, 0.25) is 5.91 Å². The van der Waals surface area contributed by atoms with Crippen LogP contribution in [0.1, 0.15) is 26.2 Å². The topological polar surface area (TPSA) is 67.4 Å². The van der Waals surface area contributed by atoms with E-state index in [1.165, 1.54) is 0 Å². The van der Waals surface area contributed by atoms with Gasteiger partial charge < -0.3 is 15.4 Å². The van der Waals surface area contributed by atoms with E-state index in [0.29, 0.717) is 13.2 Å². The SMILES string of the molecule is CCOC(=O)NCC1CCCCNC1=O. The van der Waals surface area contributed by atoms with Gasteiger partial charge in [0.05, 0.1) is 12.5 Å². The third kappa shape index (κ3) is 4.18. The van der Waals surface area contributed by atoms with Crippen LogP contribution < -0.4 is 10.6 Å². The fourth-order valence-corrected chi connectivity index (χ4v) is 1.59. The molecule has 86 valence electrons. The molecule has 5 heteroatoms. The molecule has 0 saturated carbocycles. The number of alkyl carbamates (subject to hydrolysis) is 1. The van der Waals surface area contributed by atoms with Crippen molar-refractivity contribution in [2.45, 2.75) is 26.2 Å². The quantitative estimate of drug-likeness (QED) is 0.724. The lowest BCUT2D eigenvalue weighted by Gasteiger charge is -2.13. The van der Waals surface area contributed by atoms with Crippen molar-refractivity contribution in [1.29, 1.82) is 0 Å².